The standard InChI is InChI=1S/C18H18N4O3/c1-11-7-13(25-22-11)8-12-9-24-10-16(12)21-18(23)14-3-2-4-15-17(14)20-6-5-19-15/h2-7,12,16H,8-10H2,1H3,(H,21,23)/t12-,16+/m1/s1. The summed E-state index contributed by atoms with van der Waals surface area (Å²) in [4.78, 5) is 21.3. The number of hydrogen-bond acceptors (Lipinski definition) is 6. The lowest BCUT2D eigenvalue weighted by molar-refractivity contribution is 0.0926. The quantitative estimate of drug-likeness (QED) is 0.781. The summed E-state index contributed by atoms with van der Waals surface area (Å²) in [5.74, 6) is 0.793. The highest BCUT2D eigenvalue weighted by Crippen LogP contribution is 2.21. The fraction of sp³-hybridized carbons (Fsp3) is 0.333. The van der Waals surface area contributed by atoms with Crippen molar-refractivity contribution >= 4 is 16.9 Å². The molecule has 3 aromatic rings. The molecule has 7 heteroatoms. The lowest BCUT2D eigenvalue weighted by Crippen LogP contribution is -2.40. The second-order valence-electron chi connectivity index (χ2n) is 6.25. The Hall–Kier alpha value is -2.80. The molecule has 3 heterocycles. The van der Waals surface area contributed by atoms with Crippen LogP contribution in [0.2, 0.25) is 0 Å². The van der Waals surface area contributed by atoms with Crippen molar-refractivity contribution in [3.63, 3.8) is 0 Å². The van der Waals surface area contributed by atoms with Crippen molar-refractivity contribution in [2.75, 3.05) is 13.2 Å². The van der Waals surface area contributed by atoms with E-state index in [0.717, 1.165) is 11.5 Å². The first-order chi connectivity index (χ1) is 12.2. The van der Waals surface area contributed by atoms with Crippen LogP contribution >= 0.6 is 0 Å². The molecular weight excluding hydrogens is 320 g/mol. The number of carbonyl (C=O) groups excluding carboxylic acids is 1. The Morgan fingerprint density at radius 2 is 2.16 bits per heavy atom. The monoisotopic (exact) mass is 338 g/mol. The van der Waals surface area contributed by atoms with Gasteiger partial charge in [-0.1, -0.05) is 11.2 Å². The Morgan fingerprint density at radius 3 is 3.00 bits per heavy atom. The van der Waals surface area contributed by atoms with Crippen LogP contribution in [0.25, 0.3) is 11.0 Å². The number of fused-ring (bicyclic) bond motifs is 1. The van der Waals surface area contributed by atoms with Crippen molar-refractivity contribution < 1.29 is 14.1 Å². The summed E-state index contributed by atoms with van der Waals surface area (Å²) in [7, 11) is 0. The minimum absolute atomic E-state index is 0.0789. The highest BCUT2D eigenvalue weighted by Gasteiger charge is 2.31. The van der Waals surface area contributed by atoms with E-state index < -0.39 is 0 Å². The van der Waals surface area contributed by atoms with Crippen LogP contribution in [-0.2, 0) is 11.2 Å². The van der Waals surface area contributed by atoms with Crippen molar-refractivity contribution in [2.24, 2.45) is 5.92 Å². The number of aryl methyl sites for hydroxylation is 1. The van der Waals surface area contributed by atoms with Gasteiger partial charge in [0.1, 0.15) is 11.3 Å². The van der Waals surface area contributed by atoms with Crippen molar-refractivity contribution in [3.8, 4) is 0 Å². The van der Waals surface area contributed by atoms with E-state index in [-0.39, 0.29) is 17.9 Å². The molecule has 2 aromatic heterocycles. The third-order valence-corrected chi connectivity index (χ3v) is 4.40. The van der Waals surface area contributed by atoms with Gasteiger partial charge in [-0.3, -0.25) is 14.8 Å². The maximum absolute atomic E-state index is 12.7. The molecule has 0 bridgehead atoms. The number of nitrogens with one attached hydrogen (secondary N) is 1. The van der Waals surface area contributed by atoms with Gasteiger partial charge in [0, 0.05) is 30.8 Å². The maximum atomic E-state index is 12.7. The molecule has 7 nitrogen and oxygen atoms in total. The third-order valence-electron chi connectivity index (χ3n) is 4.40. The van der Waals surface area contributed by atoms with Gasteiger partial charge in [-0.15, -0.1) is 0 Å². The molecule has 25 heavy (non-hydrogen) atoms. The topological polar surface area (TPSA) is 90.1 Å². The lowest BCUT2D eigenvalue weighted by atomic mass is 9.97. The largest absolute Gasteiger partial charge is 0.379 e. The lowest BCUT2D eigenvalue weighted by Gasteiger charge is -2.18. The van der Waals surface area contributed by atoms with Crippen molar-refractivity contribution in [2.45, 2.75) is 19.4 Å². The Labute approximate surface area is 144 Å². The van der Waals surface area contributed by atoms with E-state index >= 15 is 0 Å². The summed E-state index contributed by atoms with van der Waals surface area (Å²) in [5, 5.41) is 6.98. The van der Waals surface area contributed by atoms with Gasteiger partial charge in [-0.05, 0) is 19.1 Å². The number of carbonyl (C=O) groups is 1. The van der Waals surface area contributed by atoms with Crippen LogP contribution in [-0.4, -0.2) is 40.3 Å². The van der Waals surface area contributed by atoms with Crippen LogP contribution < -0.4 is 5.32 Å². The fourth-order valence-electron chi connectivity index (χ4n) is 3.15. The van der Waals surface area contributed by atoms with E-state index in [1.807, 2.05) is 25.1 Å². The molecule has 0 spiro atoms. The number of amides is 1. The first kappa shape index (κ1) is 15.7. The van der Waals surface area contributed by atoms with Gasteiger partial charge in [0.25, 0.3) is 5.91 Å². The van der Waals surface area contributed by atoms with Crippen LogP contribution in [0.5, 0.6) is 0 Å². The molecule has 1 aromatic carbocycles. The average Bonchev–Trinajstić information content (AvgIpc) is 3.23. The molecule has 1 aliphatic rings. The number of rotatable bonds is 4. The average molecular weight is 338 g/mol. The van der Waals surface area contributed by atoms with Crippen LogP contribution in [0.15, 0.2) is 41.2 Å². The molecule has 1 amide bonds. The molecule has 0 saturated carbocycles. The Bertz CT molecular complexity index is 903. The first-order valence-electron chi connectivity index (χ1n) is 8.21. The molecule has 1 fully saturated rings. The zero-order valence-corrected chi connectivity index (χ0v) is 13.8. The number of nitrogens with zero attached hydrogens (tertiary/aromatic N) is 3. The number of para-hydroxylation sites is 1. The summed E-state index contributed by atoms with van der Waals surface area (Å²) in [6.07, 6.45) is 3.89. The van der Waals surface area contributed by atoms with Crippen LogP contribution in [0, 0.1) is 12.8 Å². The predicted octanol–water partition coefficient (Wildman–Crippen LogP) is 1.91. The summed E-state index contributed by atoms with van der Waals surface area (Å²) < 4.78 is 10.9. The third kappa shape index (κ3) is 3.23. The molecule has 2 atom stereocenters. The molecule has 1 aliphatic heterocycles. The van der Waals surface area contributed by atoms with Crippen molar-refractivity contribution in [1.29, 1.82) is 0 Å². The van der Waals surface area contributed by atoms with E-state index in [4.69, 9.17) is 9.26 Å². The molecular formula is C18H18N4O3. The highest BCUT2D eigenvalue weighted by atomic mass is 16.5. The van der Waals surface area contributed by atoms with Crippen LogP contribution in [0.3, 0.4) is 0 Å². The number of hydrogen-bond donors (Lipinski definition) is 1. The van der Waals surface area contributed by atoms with Gasteiger partial charge >= 0.3 is 0 Å². The van der Waals surface area contributed by atoms with Gasteiger partial charge < -0.3 is 14.6 Å². The molecule has 1 N–H and O–H groups in total. The zero-order chi connectivity index (χ0) is 17.2. The predicted molar refractivity (Wildman–Crippen MR) is 90.0 cm³/mol. The number of aromatic nitrogens is 3. The van der Waals surface area contributed by atoms with Gasteiger partial charge in [-0.25, -0.2) is 0 Å². The van der Waals surface area contributed by atoms with E-state index in [9.17, 15) is 4.79 Å². The molecule has 0 radical (unpaired) electrons. The molecule has 1 saturated heterocycles. The second-order valence-corrected chi connectivity index (χ2v) is 6.25. The minimum Gasteiger partial charge on any atom is -0.379 e. The van der Waals surface area contributed by atoms with Crippen molar-refractivity contribution in [3.05, 3.63) is 53.7 Å². The molecule has 0 aliphatic carbocycles. The fourth-order valence-corrected chi connectivity index (χ4v) is 3.15. The summed E-state index contributed by atoms with van der Waals surface area (Å²) in [6.45, 7) is 2.96. The summed E-state index contributed by atoms with van der Waals surface area (Å²) in [6, 6.07) is 7.25. The normalized spacial score (nSPS) is 20.0. The SMILES string of the molecule is Cc1cc(C[C@@H]2COC[C@@H]2NC(=O)c2cccc3nccnc23)on1. The maximum Gasteiger partial charge on any atom is 0.253 e. The zero-order valence-electron chi connectivity index (χ0n) is 13.8. The smallest absolute Gasteiger partial charge is 0.253 e. The second kappa shape index (κ2) is 6.60. The van der Waals surface area contributed by atoms with Gasteiger partial charge in [0.2, 0.25) is 0 Å². The highest BCUT2D eigenvalue weighted by molar-refractivity contribution is 6.04. The number of ether oxygens (including phenoxy) is 1. The Morgan fingerprint density at radius 1 is 1.28 bits per heavy atom. The van der Waals surface area contributed by atoms with E-state index in [2.05, 4.69) is 20.4 Å². The van der Waals surface area contributed by atoms with Crippen LogP contribution in [0.1, 0.15) is 21.8 Å². The summed E-state index contributed by atoms with van der Waals surface area (Å²) >= 11 is 0. The van der Waals surface area contributed by atoms with E-state index in [0.29, 0.717) is 36.2 Å². The van der Waals surface area contributed by atoms with E-state index in [1.165, 1.54) is 0 Å². The first-order valence-corrected chi connectivity index (χ1v) is 8.21. The Kier molecular flexibility index (Phi) is 4.15. The molecule has 128 valence electrons. The van der Waals surface area contributed by atoms with Crippen LogP contribution in [0.4, 0.5) is 0 Å². The van der Waals surface area contributed by atoms with Gasteiger partial charge in [0.05, 0.1) is 36.0 Å². The molecule has 4 rings (SSSR count). The minimum atomic E-state index is -0.166. The van der Waals surface area contributed by atoms with Crippen molar-refractivity contribution in [1.82, 2.24) is 20.4 Å². The molecule has 0 unspecified atom stereocenters. The van der Waals surface area contributed by atoms with Gasteiger partial charge in [-0.2, -0.15) is 0 Å². The number of benzene rings is 1. The van der Waals surface area contributed by atoms with Gasteiger partial charge in [0.15, 0.2) is 0 Å². The van der Waals surface area contributed by atoms with E-state index in [1.54, 1.807) is 18.5 Å². The summed E-state index contributed by atoms with van der Waals surface area (Å²) in [5.41, 5.74) is 2.67. The Balaban J connectivity index is 1.51.